The van der Waals surface area contributed by atoms with Crippen LogP contribution in [0.1, 0.15) is 0 Å². The standard InChI is InChI=1S/C10H7Cl2N3OS/c1-16-6-4-2-3-5-7(6)17-10-14-8(11)13-9(12)15-10/h2-5H,1H3. The van der Waals surface area contributed by atoms with E-state index < -0.39 is 0 Å². The minimum atomic E-state index is 0.0717. The Morgan fingerprint density at radius 2 is 1.71 bits per heavy atom. The Morgan fingerprint density at radius 3 is 2.35 bits per heavy atom. The lowest BCUT2D eigenvalue weighted by Crippen LogP contribution is -1.92. The average molecular weight is 288 g/mol. The van der Waals surface area contributed by atoms with Crippen LogP contribution in [0.15, 0.2) is 34.3 Å². The normalized spacial score (nSPS) is 10.3. The lowest BCUT2D eigenvalue weighted by Gasteiger charge is -2.06. The Hall–Kier alpha value is -1.04. The number of ether oxygens (including phenoxy) is 1. The summed E-state index contributed by atoms with van der Waals surface area (Å²) in [5, 5.41) is 0.573. The van der Waals surface area contributed by atoms with Crippen LogP contribution in [0.25, 0.3) is 0 Å². The highest BCUT2D eigenvalue weighted by atomic mass is 35.5. The second-order valence-corrected chi connectivity index (χ2v) is 4.59. The minimum absolute atomic E-state index is 0.0717. The van der Waals surface area contributed by atoms with Crippen LogP contribution in [0.4, 0.5) is 0 Å². The van der Waals surface area contributed by atoms with Gasteiger partial charge < -0.3 is 4.74 Å². The van der Waals surface area contributed by atoms with E-state index in [9.17, 15) is 0 Å². The van der Waals surface area contributed by atoms with E-state index >= 15 is 0 Å². The number of rotatable bonds is 3. The van der Waals surface area contributed by atoms with Gasteiger partial charge in [0.15, 0.2) is 5.16 Å². The molecule has 0 unspecified atom stereocenters. The highest BCUT2D eigenvalue weighted by Gasteiger charge is 2.08. The van der Waals surface area contributed by atoms with E-state index in [4.69, 9.17) is 27.9 Å². The molecule has 0 aliphatic carbocycles. The maximum Gasteiger partial charge on any atom is 0.227 e. The van der Waals surface area contributed by atoms with E-state index in [0.717, 1.165) is 10.6 Å². The fraction of sp³-hybridized carbons (Fsp3) is 0.100. The van der Waals surface area contributed by atoms with E-state index in [1.165, 1.54) is 11.8 Å². The Labute approximate surface area is 112 Å². The first kappa shape index (κ1) is 12.4. The summed E-state index contributed by atoms with van der Waals surface area (Å²) in [5.41, 5.74) is 0. The largest absolute Gasteiger partial charge is 0.496 e. The predicted molar refractivity (Wildman–Crippen MR) is 67.0 cm³/mol. The number of hydrogen-bond donors (Lipinski definition) is 0. The lowest BCUT2D eigenvalue weighted by atomic mass is 10.3. The molecule has 1 aromatic carbocycles. The zero-order valence-electron chi connectivity index (χ0n) is 8.72. The highest BCUT2D eigenvalue weighted by molar-refractivity contribution is 7.99. The number of halogens is 2. The van der Waals surface area contributed by atoms with Crippen molar-refractivity contribution in [2.45, 2.75) is 10.1 Å². The van der Waals surface area contributed by atoms with Gasteiger partial charge in [-0.15, -0.1) is 0 Å². The molecule has 0 saturated heterocycles. The summed E-state index contributed by atoms with van der Waals surface area (Å²) in [6.07, 6.45) is 0. The molecule has 1 heterocycles. The average Bonchev–Trinajstić information content (AvgIpc) is 2.28. The molecule has 0 bridgehead atoms. The third-order valence-corrected chi connectivity index (χ3v) is 3.09. The van der Waals surface area contributed by atoms with Gasteiger partial charge in [-0.25, -0.2) is 0 Å². The van der Waals surface area contributed by atoms with Gasteiger partial charge in [-0.05, 0) is 47.1 Å². The maximum atomic E-state index is 5.70. The van der Waals surface area contributed by atoms with E-state index in [-0.39, 0.29) is 10.6 Å². The van der Waals surface area contributed by atoms with Crippen LogP contribution in [-0.2, 0) is 0 Å². The molecular weight excluding hydrogens is 281 g/mol. The summed E-state index contributed by atoms with van der Waals surface area (Å²) >= 11 is 12.7. The molecule has 1 aromatic heterocycles. The van der Waals surface area contributed by atoms with Gasteiger partial charge in [-0.3, -0.25) is 0 Å². The monoisotopic (exact) mass is 287 g/mol. The van der Waals surface area contributed by atoms with Crippen LogP contribution < -0.4 is 4.74 Å². The second-order valence-electron chi connectivity index (χ2n) is 2.91. The Bertz CT molecular complexity index is 518. The molecule has 0 amide bonds. The third-order valence-electron chi connectivity index (χ3n) is 1.83. The Morgan fingerprint density at radius 1 is 1.06 bits per heavy atom. The number of nitrogens with zero attached hydrogens (tertiary/aromatic N) is 3. The molecule has 0 saturated carbocycles. The van der Waals surface area contributed by atoms with Crippen LogP contribution in [-0.4, -0.2) is 22.1 Å². The van der Waals surface area contributed by atoms with Crippen molar-refractivity contribution in [2.75, 3.05) is 7.11 Å². The second kappa shape index (κ2) is 5.53. The number of para-hydroxylation sites is 1. The Kier molecular flexibility index (Phi) is 4.04. The lowest BCUT2D eigenvalue weighted by molar-refractivity contribution is 0.405. The summed E-state index contributed by atoms with van der Waals surface area (Å²) in [7, 11) is 1.60. The van der Waals surface area contributed by atoms with Crippen LogP contribution in [0, 0.1) is 0 Å². The number of methoxy groups -OCH3 is 1. The first-order valence-corrected chi connectivity index (χ1v) is 6.14. The van der Waals surface area contributed by atoms with Crippen molar-refractivity contribution in [1.82, 2.24) is 15.0 Å². The summed E-state index contributed by atoms with van der Waals surface area (Å²) < 4.78 is 5.22. The fourth-order valence-corrected chi connectivity index (χ4v) is 2.48. The highest BCUT2D eigenvalue weighted by Crippen LogP contribution is 2.33. The van der Waals surface area contributed by atoms with E-state index in [1.807, 2.05) is 24.3 Å². The molecule has 0 atom stereocenters. The molecule has 0 spiro atoms. The van der Waals surface area contributed by atoms with Gasteiger partial charge in [0.2, 0.25) is 10.6 Å². The van der Waals surface area contributed by atoms with Crippen molar-refractivity contribution in [3.8, 4) is 5.75 Å². The molecular formula is C10H7Cl2N3OS. The van der Waals surface area contributed by atoms with Crippen molar-refractivity contribution in [3.05, 3.63) is 34.8 Å². The predicted octanol–water partition coefficient (Wildman–Crippen LogP) is 3.34. The smallest absolute Gasteiger partial charge is 0.227 e. The topological polar surface area (TPSA) is 47.9 Å². The summed E-state index contributed by atoms with van der Waals surface area (Å²) in [5.74, 6) is 0.741. The molecule has 0 radical (unpaired) electrons. The zero-order valence-corrected chi connectivity index (χ0v) is 11.1. The van der Waals surface area contributed by atoms with Gasteiger partial charge in [0.05, 0.1) is 12.0 Å². The van der Waals surface area contributed by atoms with Crippen LogP contribution in [0.5, 0.6) is 5.75 Å². The molecule has 17 heavy (non-hydrogen) atoms. The summed E-state index contributed by atoms with van der Waals surface area (Å²) in [4.78, 5) is 12.5. The number of hydrogen-bond acceptors (Lipinski definition) is 5. The van der Waals surface area contributed by atoms with E-state index in [1.54, 1.807) is 7.11 Å². The molecule has 88 valence electrons. The minimum Gasteiger partial charge on any atom is -0.496 e. The quantitative estimate of drug-likeness (QED) is 0.867. The van der Waals surface area contributed by atoms with Crippen LogP contribution >= 0.6 is 35.0 Å². The van der Waals surface area contributed by atoms with Gasteiger partial charge in [0.1, 0.15) is 5.75 Å². The molecule has 4 nitrogen and oxygen atoms in total. The first-order chi connectivity index (χ1) is 8.19. The SMILES string of the molecule is COc1ccccc1Sc1nc(Cl)nc(Cl)n1. The molecule has 0 aliphatic rings. The van der Waals surface area contributed by atoms with Gasteiger partial charge in [0.25, 0.3) is 0 Å². The van der Waals surface area contributed by atoms with E-state index in [0.29, 0.717) is 5.16 Å². The van der Waals surface area contributed by atoms with Crippen molar-refractivity contribution < 1.29 is 4.74 Å². The van der Waals surface area contributed by atoms with Crippen molar-refractivity contribution in [3.63, 3.8) is 0 Å². The fourth-order valence-electron chi connectivity index (χ4n) is 1.16. The maximum absolute atomic E-state index is 5.70. The van der Waals surface area contributed by atoms with Crippen molar-refractivity contribution in [1.29, 1.82) is 0 Å². The summed E-state index contributed by atoms with van der Waals surface area (Å²) in [6.45, 7) is 0. The van der Waals surface area contributed by atoms with E-state index in [2.05, 4.69) is 15.0 Å². The van der Waals surface area contributed by atoms with Crippen molar-refractivity contribution >= 4 is 35.0 Å². The van der Waals surface area contributed by atoms with Gasteiger partial charge in [0, 0.05) is 0 Å². The first-order valence-electron chi connectivity index (χ1n) is 4.57. The van der Waals surface area contributed by atoms with Crippen LogP contribution in [0.2, 0.25) is 10.6 Å². The number of benzene rings is 1. The molecule has 0 N–H and O–H groups in total. The Balaban J connectivity index is 2.31. The van der Waals surface area contributed by atoms with Gasteiger partial charge in [-0.1, -0.05) is 12.1 Å². The van der Waals surface area contributed by atoms with Crippen LogP contribution in [0.3, 0.4) is 0 Å². The van der Waals surface area contributed by atoms with Gasteiger partial charge in [-0.2, -0.15) is 15.0 Å². The zero-order chi connectivity index (χ0) is 12.3. The molecule has 2 aromatic rings. The molecule has 7 heteroatoms. The summed E-state index contributed by atoms with van der Waals surface area (Å²) in [6, 6.07) is 7.54. The number of aromatic nitrogens is 3. The molecule has 0 fully saturated rings. The molecule has 0 aliphatic heterocycles. The van der Waals surface area contributed by atoms with Crippen molar-refractivity contribution in [2.24, 2.45) is 0 Å². The molecule has 2 rings (SSSR count). The third kappa shape index (κ3) is 3.21. The van der Waals surface area contributed by atoms with Gasteiger partial charge >= 0.3 is 0 Å².